The molecule has 1 heterocycles. The van der Waals surface area contributed by atoms with Crippen molar-refractivity contribution in [3.8, 4) is 0 Å². The Morgan fingerprint density at radius 1 is 1.75 bits per heavy atom. The van der Waals surface area contributed by atoms with Crippen molar-refractivity contribution in [2.24, 2.45) is 0 Å². The van der Waals surface area contributed by atoms with Crippen LogP contribution in [0.5, 0.6) is 0 Å². The lowest BCUT2D eigenvalue weighted by Gasteiger charge is -2.21. The van der Waals surface area contributed by atoms with Crippen LogP contribution in [0.15, 0.2) is 11.6 Å². The van der Waals surface area contributed by atoms with E-state index in [1.54, 1.807) is 11.6 Å². The second-order valence-electron chi connectivity index (χ2n) is 1.25. The van der Waals surface area contributed by atoms with E-state index in [1.165, 1.54) is 0 Å². The van der Waals surface area contributed by atoms with Gasteiger partial charge >= 0.3 is 0 Å². The summed E-state index contributed by atoms with van der Waals surface area (Å²) in [7, 11) is 0. The third-order valence-corrected chi connectivity index (χ3v) is 1.36. The van der Waals surface area contributed by atoms with Crippen molar-refractivity contribution in [3.63, 3.8) is 0 Å². The molecule has 1 rings (SSSR count). The highest BCUT2D eigenvalue weighted by atomic mass is 32.2. The van der Waals surface area contributed by atoms with Gasteiger partial charge in [0.15, 0.2) is 0 Å². The van der Waals surface area contributed by atoms with Gasteiger partial charge in [-0.1, -0.05) is 4.47 Å². The van der Waals surface area contributed by atoms with Gasteiger partial charge in [0.25, 0.3) is 0 Å². The maximum absolute atomic E-state index is 8.67. The molecule has 0 aliphatic carbocycles. The lowest BCUT2D eigenvalue weighted by molar-refractivity contribution is -0.123. The summed E-state index contributed by atoms with van der Waals surface area (Å²) < 4.78 is 0.708. The van der Waals surface area contributed by atoms with Crippen LogP contribution < -0.4 is 5.32 Å². The first-order valence-electron chi connectivity index (χ1n) is 2.05. The fourth-order valence-corrected chi connectivity index (χ4v) is 0.780. The quantitative estimate of drug-likeness (QED) is 0.396. The summed E-state index contributed by atoms with van der Waals surface area (Å²) in [4.78, 5) is 0. The molecule has 0 saturated carbocycles. The van der Waals surface area contributed by atoms with E-state index >= 15 is 0 Å². The smallest absolute Gasteiger partial charge is 0.216 e. The van der Waals surface area contributed by atoms with E-state index in [0.29, 0.717) is 4.47 Å². The van der Waals surface area contributed by atoms with Crippen LogP contribution in [0.4, 0.5) is 0 Å². The molecule has 1 aliphatic rings. The maximum atomic E-state index is 8.67. The molecule has 0 fully saturated rings. The number of rotatable bonds is 0. The normalized spacial score (nSPS) is 30.0. The predicted octanol–water partition coefficient (Wildman–Crippen LogP) is -0.324. The highest BCUT2D eigenvalue weighted by Gasteiger charge is 2.12. The van der Waals surface area contributed by atoms with E-state index in [9.17, 15) is 0 Å². The first-order valence-corrected chi connectivity index (χ1v) is 2.88. The Bertz CT molecular complexity index is 95.5. The largest absolute Gasteiger partial charge is 0.359 e. The Morgan fingerprint density at radius 2 is 2.50 bits per heavy atom. The number of aliphatic hydroxyl groups excluding tert-OH is 1. The van der Waals surface area contributed by atoms with E-state index in [4.69, 9.17) is 10.3 Å². The number of aliphatic hydroxyl groups is 1. The minimum atomic E-state index is -0.981. The molecule has 0 saturated heterocycles. The fourth-order valence-electron chi connectivity index (χ4n) is 0.340. The van der Waals surface area contributed by atoms with Crippen LogP contribution in [0, 0.1) is 0 Å². The van der Waals surface area contributed by atoms with Crippen molar-refractivity contribution in [3.05, 3.63) is 11.6 Å². The van der Waals surface area contributed by atoms with Crippen LogP contribution in [0.25, 0.3) is 0 Å². The first-order chi connectivity index (χ1) is 3.80. The van der Waals surface area contributed by atoms with Crippen molar-refractivity contribution in [2.75, 3.05) is 0 Å². The van der Waals surface area contributed by atoms with Gasteiger partial charge in [0, 0.05) is 11.6 Å². The van der Waals surface area contributed by atoms with Crippen molar-refractivity contribution in [1.82, 2.24) is 9.79 Å². The van der Waals surface area contributed by atoms with Crippen molar-refractivity contribution >= 4 is 11.9 Å². The van der Waals surface area contributed by atoms with Gasteiger partial charge in [0.1, 0.15) is 0 Å². The van der Waals surface area contributed by atoms with E-state index in [0.717, 1.165) is 11.9 Å². The zero-order chi connectivity index (χ0) is 5.98. The molecule has 5 heteroatoms. The van der Waals surface area contributed by atoms with Crippen LogP contribution >= 0.6 is 11.9 Å². The molecule has 0 spiro atoms. The van der Waals surface area contributed by atoms with Gasteiger partial charge in [-0.05, 0) is 11.9 Å². The SMILES string of the molecule is OC1NC=CSN1O. The molecule has 0 aromatic heterocycles. The number of nitrogens with zero attached hydrogens (tertiary/aromatic N) is 1. The lowest BCUT2D eigenvalue weighted by Crippen LogP contribution is -2.38. The fraction of sp³-hybridized carbons (Fsp3) is 0.333. The summed E-state index contributed by atoms with van der Waals surface area (Å²) >= 11 is 1.02. The molecule has 0 radical (unpaired) electrons. The molecule has 46 valence electrons. The number of hydrogen-bond donors (Lipinski definition) is 3. The monoisotopic (exact) mass is 134 g/mol. The second-order valence-corrected chi connectivity index (χ2v) is 2.11. The Balaban J connectivity index is 2.44. The lowest BCUT2D eigenvalue weighted by atomic mass is 10.9. The summed E-state index contributed by atoms with van der Waals surface area (Å²) in [5.74, 6) is 0. The average molecular weight is 134 g/mol. The van der Waals surface area contributed by atoms with Crippen LogP contribution in [0.1, 0.15) is 0 Å². The van der Waals surface area contributed by atoms with Gasteiger partial charge < -0.3 is 10.4 Å². The van der Waals surface area contributed by atoms with Crippen molar-refractivity contribution in [1.29, 1.82) is 0 Å². The van der Waals surface area contributed by atoms with Gasteiger partial charge in [0.05, 0.1) is 0 Å². The third kappa shape index (κ3) is 1.13. The van der Waals surface area contributed by atoms with Gasteiger partial charge in [-0.25, -0.2) is 0 Å². The van der Waals surface area contributed by atoms with Crippen LogP contribution in [0.3, 0.4) is 0 Å². The van der Waals surface area contributed by atoms with Crippen molar-refractivity contribution < 1.29 is 10.3 Å². The molecule has 0 amide bonds. The highest BCUT2D eigenvalue weighted by molar-refractivity contribution is 7.99. The molecule has 1 unspecified atom stereocenters. The van der Waals surface area contributed by atoms with Gasteiger partial charge in [-0.2, -0.15) is 0 Å². The molecule has 3 N–H and O–H groups in total. The number of nitrogens with one attached hydrogen (secondary N) is 1. The summed E-state index contributed by atoms with van der Waals surface area (Å²) in [6.45, 7) is 0. The van der Waals surface area contributed by atoms with E-state index in [1.807, 2.05) is 0 Å². The molecular weight excluding hydrogens is 128 g/mol. The Morgan fingerprint density at radius 3 is 2.88 bits per heavy atom. The molecule has 1 atom stereocenters. The van der Waals surface area contributed by atoms with E-state index in [2.05, 4.69) is 5.32 Å². The summed E-state index contributed by atoms with van der Waals surface area (Å²) in [6, 6.07) is 0. The Kier molecular flexibility index (Phi) is 1.74. The molecule has 8 heavy (non-hydrogen) atoms. The van der Waals surface area contributed by atoms with Crippen molar-refractivity contribution in [2.45, 2.75) is 6.35 Å². The van der Waals surface area contributed by atoms with Crippen LogP contribution in [-0.2, 0) is 0 Å². The highest BCUT2D eigenvalue weighted by Crippen LogP contribution is 2.12. The second kappa shape index (κ2) is 2.36. The first kappa shape index (κ1) is 5.90. The maximum Gasteiger partial charge on any atom is 0.216 e. The molecule has 0 aromatic carbocycles. The molecular formula is C3H6N2O2S. The van der Waals surface area contributed by atoms with E-state index in [-0.39, 0.29) is 0 Å². The third-order valence-electron chi connectivity index (χ3n) is 0.691. The van der Waals surface area contributed by atoms with Crippen LogP contribution in [-0.4, -0.2) is 21.1 Å². The molecule has 1 aliphatic heterocycles. The minimum Gasteiger partial charge on any atom is -0.359 e. The van der Waals surface area contributed by atoms with Gasteiger partial charge in [0.2, 0.25) is 6.35 Å². The zero-order valence-electron chi connectivity index (χ0n) is 3.98. The topological polar surface area (TPSA) is 55.7 Å². The van der Waals surface area contributed by atoms with Gasteiger partial charge in [-0.15, -0.1) is 0 Å². The Labute approximate surface area is 50.9 Å². The van der Waals surface area contributed by atoms with Crippen LogP contribution in [0.2, 0.25) is 0 Å². The summed E-state index contributed by atoms with van der Waals surface area (Å²) in [5.41, 5.74) is 0. The molecule has 0 bridgehead atoms. The zero-order valence-corrected chi connectivity index (χ0v) is 4.80. The molecule has 4 nitrogen and oxygen atoms in total. The number of hydrogen-bond acceptors (Lipinski definition) is 5. The number of hydroxylamine groups is 1. The predicted molar refractivity (Wildman–Crippen MR) is 29.5 cm³/mol. The summed E-state index contributed by atoms with van der Waals surface area (Å²) in [6.07, 6.45) is 0.576. The minimum absolute atomic E-state index is 0.708. The average Bonchev–Trinajstić information content (AvgIpc) is 1.77. The Hall–Kier alpha value is -0.230. The molecule has 0 aromatic rings. The van der Waals surface area contributed by atoms with Gasteiger partial charge in [-0.3, -0.25) is 5.21 Å². The summed E-state index contributed by atoms with van der Waals surface area (Å²) in [5, 5.41) is 21.4. The standard InChI is InChI=1S/C3H6N2O2S/c6-3-4-1-2-8-5(3)7/h1-4,6-7H. The van der Waals surface area contributed by atoms with E-state index < -0.39 is 6.35 Å².